The number of nitrogens with one attached hydrogen (secondary N) is 1. The number of hydrogen-bond donors (Lipinski definition) is 1. The molecule has 1 aromatic heterocycles. The minimum Gasteiger partial charge on any atom is -0.367 e. The summed E-state index contributed by atoms with van der Waals surface area (Å²) in [6.45, 7) is 3.11. The van der Waals surface area contributed by atoms with E-state index in [4.69, 9.17) is 0 Å². The van der Waals surface area contributed by atoms with Gasteiger partial charge in [0.2, 0.25) is 0 Å². The van der Waals surface area contributed by atoms with Gasteiger partial charge in [-0.3, -0.25) is 4.79 Å². The smallest absolute Gasteiger partial charge is 0.197 e. The van der Waals surface area contributed by atoms with Gasteiger partial charge >= 0.3 is 0 Å². The molecule has 2 heterocycles. The summed E-state index contributed by atoms with van der Waals surface area (Å²) in [5.74, 6) is -0.719. The van der Waals surface area contributed by atoms with E-state index in [-0.39, 0.29) is 17.1 Å². The second-order valence-electron chi connectivity index (χ2n) is 7.58. The molecule has 1 N–H and O–H groups in total. The van der Waals surface area contributed by atoms with Crippen LogP contribution >= 0.6 is 0 Å². The van der Waals surface area contributed by atoms with Gasteiger partial charge in [0.25, 0.3) is 0 Å². The topological polar surface area (TPSA) is 37.3 Å². The van der Waals surface area contributed by atoms with Gasteiger partial charge in [0.05, 0.1) is 11.2 Å². The first-order valence-electron chi connectivity index (χ1n) is 9.72. The first-order valence-corrected chi connectivity index (χ1v) is 9.72. The van der Waals surface area contributed by atoms with Gasteiger partial charge in [-0.05, 0) is 42.7 Å². The zero-order valence-electron chi connectivity index (χ0n) is 15.4. The zero-order chi connectivity index (χ0) is 19.3. The molecule has 1 saturated carbocycles. The van der Waals surface area contributed by atoms with Crippen LogP contribution in [0.4, 0.5) is 14.5 Å². The number of aromatic nitrogens is 1. The first-order chi connectivity index (χ1) is 13.6. The van der Waals surface area contributed by atoms with Gasteiger partial charge in [0.15, 0.2) is 5.43 Å². The Morgan fingerprint density at radius 2 is 1.71 bits per heavy atom. The van der Waals surface area contributed by atoms with Crippen molar-refractivity contribution in [2.45, 2.75) is 18.9 Å². The third-order valence-electron chi connectivity index (χ3n) is 5.65. The van der Waals surface area contributed by atoms with E-state index in [1.54, 1.807) is 12.1 Å². The van der Waals surface area contributed by atoms with Crippen molar-refractivity contribution in [2.75, 3.05) is 31.1 Å². The lowest BCUT2D eigenvalue weighted by molar-refractivity contribution is 0.567. The molecule has 0 radical (unpaired) electrons. The van der Waals surface area contributed by atoms with Gasteiger partial charge in [0, 0.05) is 49.4 Å². The molecule has 1 aliphatic heterocycles. The van der Waals surface area contributed by atoms with Gasteiger partial charge in [-0.1, -0.05) is 12.1 Å². The maximum atomic E-state index is 15.0. The summed E-state index contributed by atoms with van der Waals surface area (Å²) in [5, 5.41) is 3.65. The highest BCUT2D eigenvalue weighted by Gasteiger charge is 2.27. The fraction of sp³-hybridized carbons (Fsp3) is 0.318. The Morgan fingerprint density at radius 3 is 2.39 bits per heavy atom. The van der Waals surface area contributed by atoms with Crippen LogP contribution in [-0.2, 0) is 0 Å². The number of pyridine rings is 1. The molecule has 0 spiro atoms. The molecule has 3 aromatic rings. The van der Waals surface area contributed by atoms with Gasteiger partial charge in [-0.2, -0.15) is 0 Å². The van der Waals surface area contributed by atoms with Crippen LogP contribution in [0.15, 0.2) is 47.4 Å². The van der Waals surface area contributed by atoms with Gasteiger partial charge in [-0.25, -0.2) is 8.78 Å². The number of fused-ring (bicyclic) bond motifs is 1. The van der Waals surface area contributed by atoms with E-state index in [0.717, 1.165) is 44.5 Å². The first kappa shape index (κ1) is 17.4. The fourth-order valence-corrected chi connectivity index (χ4v) is 4.00. The van der Waals surface area contributed by atoms with Crippen molar-refractivity contribution in [1.82, 2.24) is 9.88 Å². The lowest BCUT2D eigenvalue weighted by Gasteiger charge is -2.30. The summed E-state index contributed by atoms with van der Waals surface area (Å²) in [7, 11) is 0. The minimum absolute atomic E-state index is 0.218. The highest BCUT2D eigenvalue weighted by Crippen LogP contribution is 2.39. The summed E-state index contributed by atoms with van der Waals surface area (Å²) < 4.78 is 30.4. The number of anilines is 1. The van der Waals surface area contributed by atoms with Crippen molar-refractivity contribution in [3.63, 3.8) is 0 Å². The van der Waals surface area contributed by atoms with Crippen molar-refractivity contribution in [1.29, 1.82) is 0 Å². The second-order valence-corrected chi connectivity index (χ2v) is 7.58. The predicted octanol–water partition coefficient (Wildman–Crippen LogP) is 3.69. The number of piperazine rings is 1. The van der Waals surface area contributed by atoms with Crippen LogP contribution in [0.5, 0.6) is 0 Å². The van der Waals surface area contributed by atoms with E-state index >= 15 is 0 Å². The van der Waals surface area contributed by atoms with Crippen LogP contribution in [0.1, 0.15) is 18.9 Å². The van der Waals surface area contributed by atoms with Crippen molar-refractivity contribution < 1.29 is 8.78 Å². The van der Waals surface area contributed by atoms with Gasteiger partial charge in [0.1, 0.15) is 11.6 Å². The summed E-state index contributed by atoms with van der Waals surface area (Å²) >= 11 is 0. The number of hydrogen-bond acceptors (Lipinski definition) is 3. The molecule has 2 aliphatic rings. The molecule has 144 valence electrons. The highest BCUT2D eigenvalue weighted by atomic mass is 19.1. The Kier molecular flexibility index (Phi) is 4.16. The van der Waals surface area contributed by atoms with Crippen molar-refractivity contribution in [2.24, 2.45) is 0 Å². The third kappa shape index (κ3) is 2.98. The van der Waals surface area contributed by atoms with Crippen LogP contribution in [0, 0.1) is 11.6 Å². The number of halogens is 2. The molecular weight excluding hydrogens is 360 g/mol. The molecule has 28 heavy (non-hydrogen) atoms. The Balaban J connectivity index is 1.72. The Labute approximate surface area is 161 Å². The molecule has 0 bridgehead atoms. The van der Waals surface area contributed by atoms with Crippen molar-refractivity contribution in [3.8, 4) is 11.1 Å². The zero-order valence-corrected chi connectivity index (χ0v) is 15.4. The molecular formula is C22H21F2N3O. The molecule has 5 rings (SSSR count). The van der Waals surface area contributed by atoms with Crippen molar-refractivity contribution in [3.05, 3.63) is 64.5 Å². The van der Waals surface area contributed by atoms with Crippen LogP contribution in [0.25, 0.3) is 22.0 Å². The normalized spacial score (nSPS) is 17.3. The Morgan fingerprint density at radius 1 is 1.00 bits per heavy atom. The van der Waals surface area contributed by atoms with E-state index < -0.39 is 0 Å². The second kappa shape index (κ2) is 6.71. The number of rotatable bonds is 3. The SMILES string of the molecule is O=c1c(-c2ccc(F)cc2)cn(C2CC2)c2cc(N3CCNCC3)c(F)cc12. The lowest BCUT2D eigenvalue weighted by atomic mass is 10.0. The van der Waals surface area contributed by atoms with Crippen molar-refractivity contribution >= 4 is 16.6 Å². The molecule has 1 saturated heterocycles. The van der Waals surface area contributed by atoms with E-state index in [0.29, 0.717) is 28.2 Å². The third-order valence-corrected chi connectivity index (χ3v) is 5.65. The van der Waals surface area contributed by atoms with E-state index in [1.165, 1.54) is 18.2 Å². The lowest BCUT2D eigenvalue weighted by Crippen LogP contribution is -2.43. The average molecular weight is 381 g/mol. The molecule has 0 amide bonds. The standard InChI is InChI=1S/C22H21F2N3O/c23-15-3-1-14(2-4-15)18-13-27(16-5-6-16)20-12-21(26-9-7-25-8-10-26)19(24)11-17(20)22(18)28/h1-4,11-13,16,25H,5-10H2. The number of benzene rings is 2. The summed E-state index contributed by atoms with van der Waals surface area (Å²) in [4.78, 5) is 15.2. The number of nitrogens with zero attached hydrogens (tertiary/aromatic N) is 2. The predicted molar refractivity (Wildman–Crippen MR) is 107 cm³/mol. The quantitative estimate of drug-likeness (QED) is 0.752. The van der Waals surface area contributed by atoms with Gasteiger partial charge < -0.3 is 14.8 Å². The monoisotopic (exact) mass is 381 g/mol. The molecule has 2 fully saturated rings. The summed E-state index contributed by atoms with van der Waals surface area (Å²) in [6, 6.07) is 9.40. The summed E-state index contributed by atoms with van der Waals surface area (Å²) in [5.41, 5.74) is 2.23. The Bertz CT molecular complexity index is 1100. The van der Waals surface area contributed by atoms with E-state index in [1.807, 2.05) is 17.2 Å². The maximum absolute atomic E-state index is 15.0. The highest BCUT2D eigenvalue weighted by molar-refractivity contribution is 5.87. The molecule has 4 nitrogen and oxygen atoms in total. The van der Waals surface area contributed by atoms with Crippen LogP contribution in [-0.4, -0.2) is 30.7 Å². The molecule has 2 aromatic carbocycles. The summed E-state index contributed by atoms with van der Waals surface area (Å²) in [6.07, 6.45) is 3.94. The van der Waals surface area contributed by atoms with Crippen LogP contribution in [0.2, 0.25) is 0 Å². The Hall–Kier alpha value is -2.73. The molecule has 0 unspecified atom stereocenters. The average Bonchev–Trinajstić information content (AvgIpc) is 3.55. The van der Waals surface area contributed by atoms with E-state index in [9.17, 15) is 13.6 Å². The van der Waals surface area contributed by atoms with Gasteiger partial charge in [-0.15, -0.1) is 0 Å². The van der Waals surface area contributed by atoms with E-state index in [2.05, 4.69) is 9.88 Å². The van der Waals surface area contributed by atoms with Crippen LogP contribution < -0.4 is 15.6 Å². The molecule has 0 atom stereocenters. The maximum Gasteiger partial charge on any atom is 0.197 e. The molecule has 6 heteroatoms. The largest absolute Gasteiger partial charge is 0.367 e. The minimum atomic E-state index is -0.370. The molecule has 1 aliphatic carbocycles. The fourth-order valence-electron chi connectivity index (χ4n) is 4.00. The van der Waals surface area contributed by atoms with Crippen LogP contribution in [0.3, 0.4) is 0 Å².